The van der Waals surface area contributed by atoms with Gasteiger partial charge in [0, 0.05) is 18.1 Å². The molecular weight excluding hydrogens is 444 g/mol. The zero-order valence-electron chi connectivity index (χ0n) is 18.5. The third-order valence-corrected chi connectivity index (χ3v) is 7.70. The molecule has 1 aliphatic rings. The zero-order chi connectivity index (χ0) is 21.8. The van der Waals surface area contributed by atoms with Gasteiger partial charge in [0.1, 0.15) is 5.75 Å². The highest BCUT2D eigenvalue weighted by Gasteiger charge is 2.30. The summed E-state index contributed by atoms with van der Waals surface area (Å²) in [6, 6.07) is 21.3. The van der Waals surface area contributed by atoms with Crippen molar-refractivity contribution in [2.45, 2.75) is 55.6 Å². The van der Waals surface area contributed by atoms with E-state index in [1.165, 1.54) is 16.3 Å². The molecule has 0 heterocycles. The van der Waals surface area contributed by atoms with Crippen LogP contribution in [0.25, 0.3) is 10.8 Å². The molecule has 172 valence electrons. The van der Waals surface area contributed by atoms with E-state index in [1.54, 1.807) is 31.4 Å². The fraction of sp³-hybridized carbons (Fsp3) is 0.360. The number of nitrogens with one attached hydrogen (secondary N) is 2. The van der Waals surface area contributed by atoms with Crippen molar-refractivity contribution in [3.05, 3.63) is 72.3 Å². The first kappa shape index (κ1) is 24.5. The molecule has 4 rings (SSSR count). The lowest BCUT2D eigenvalue weighted by molar-refractivity contribution is 0.291. The molecule has 0 radical (unpaired) electrons. The van der Waals surface area contributed by atoms with Crippen LogP contribution in [0.4, 0.5) is 0 Å². The number of hydrogen-bond acceptors (Lipinski definition) is 4. The minimum atomic E-state index is -3.60. The Kier molecular flexibility index (Phi) is 8.17. The second-order valence-electron chi connectivity index (χ2n) is 8.25. The van der Waals surface area contributed by atoms with E-state index >= 15 is 0 Å². The molecule has 5 nitrogen and oxygen atoms in total. The summed E-state index contributed by atoms with van der Waals surface area (Å²) >= 11 is 0. The lowest BCUT2D eigenvalue weighted by Crippen LogP contribution is -2.52. The van der Waals surface area contributed by atoms with Gasteiger partial charge in [-0.2, -0.15) is 0 Å². The minimum Gasteiger partial charge on any atom is -0.497 e. The average Bonchev–Trinajstić information content (AvgIpc) is 2.80. The SMILES string of the molecule is COc1ccc(S(=O)(=O)N[C@@H]2CCCC[C@H]2NC(C)c2cccc3ccccc23)cc1.Cl. The highest BCUT2D eigenvalue weighted by Crippen LogP contribution is 2.28. The van der Waals surface area contributed by atoms with Crippen molar-refractivity contribution in [1.82, 2.24) is 10.0 Å². The predicted octanol–water partition coefficient (Wildman–Crippen LogP) is 5.21. The summed E-state index contributed by atoms with van der Waals surface area (Å²) in [4.78, 5) is 0.264. The van der Waals surface area contributed by atoms with Crippen LogP contribution in [0.1, 0.15) is 44.2 Å². The molecule has 3 aromatic carbocycles. The number of halogens is 1. The molecule has 32 heavy (non-hydrogen) atoms. The van der Waals surface area contributed by atoms with Gasteiger partial charge in [-0.1, -0.05) is 55.3 Å². The number of rotatable bonds is 7. The van der Waals surface area contributed by atoms with Gasteiger partial charge in [0.25, 0.3) is 0 Å². The summed E-state index contributed by atoms with van der Waals surface area (Å²) in [5.41, 5.74) is 1.24. The summed E-state index contributed by atoms with van der Waals surface area (Å²) in [6.07, 6.45) is 3.90. The quantitative estimate of drug-likeness (QED) is 0.493. The van der Waals surface area contributed by atoms with Gasteiger partial charge in [0.05, 0.1) is 12.0 Å². The average molecular weight is 475 g/mol. The number of sulfonamides is 1. The van der Waals surface area contributed by atoms with E-state index in [0.717, 1.165) is 25.7 Å². The number of fused-ring (bicyclic) bond motifs is 1. The van der Waals surface area contributed by atoms with Gasteiger partial charge in [0.2, 0.25) is 10.0 Å². The molecular formula is C25H31ClN2O3S. The monoisotopic (exact) mass is 474 g/mol. The topological polar surface area (TPSA) is 67.4 Å². The predicted molar refractivity (Wildman–Crippen MR) is 132 cm³/mol. The molecule has 7 heteroatoms. The van der Waals surface area contributed by atoms with Crippen LogP contribution in [0.5, 0.6) is 5.75 Å². The smallest absolute Gasteiger partial charge is 0.240 e. The molecule has 0 bridgehead atoms. The van der Waals surface area contributed by atoms with Gasteiger partial charge < -0.3 is 10.1 Å². The van der Waals surface area contributed by atoms with Crippen LogP contribution >= 0.6 is 12.4 Å². The third-order valence-electron chi connectivity index (χ3n) is 6.20. The van der Waals surface area contributed by atoms with Gasteiger partial charge in [-0.15, -0.1) is 12.4 Å². The van der Waals surface area contributed by atoms with Crippen molar-refractivity contribution in [3.8, 4) is 5.75 Å². The van der Waals surface area contributed by atoms with E-state index < -0.39 is 10.0 Å². The molecule has 2 N–H and O–H groups in total. The van der Waals surface area contributed by atoms with Crippen molar-refractivity contribution in [3.63, 3.8) is 0 Å². The van der Waals surface area contributed by atoms with Gasteiger partial charge in [-0.05, 0) is 60.4 Å². The summed E-state index contributed by atoms with van der Waals surface area (Å²) in [5, 5.41) is 6.17. The fourth-order valence-electron chi connectivity index (χ4n) is 4.53. The van der Waals surface area contributed by atoms with Crippen LogP contribution in [-0.4, -0.2) is 27.6 Å². The van der Waals surface area contributed by atoms with E-state index in [-0.39, 0.29) is 35.4 Å². The Labute approximate surface area is 197 Å². The summed E-state index contributed by atoms with van der Waals surface area (Å²) < 4.78 is 34.1. The summed E-state index contributed by atoms with van der Waals surface area (Å²) in [7, 11) is -2.03. The standard InChI is InChI=1S/C25H30N2O3S.ClH/c1-18(22-11-7-9-19-8-3-4-10-23(19)22)26-24-12-5-6-13-25(24)27-31(28,29)21-16-14-20(30-2)15-17-21;/h3-4,7-11,14-18,24-27H,5-6,12-13H2,1-2H3;1H/t18?,24-,25-;/m1./s1. The van der Waals surface area contributed by atoms with Crippen LogP contribution in [-0.2, 0) is 10.0 Å². The number of benzene rings is 3. The molecule has 0 saturated heterocycles. The maximum absolute atomic E-state index is 13.0. The Hall–Kier alpha value is -2.12. The molecule has 3 aromatic rings. The van der Waals surface area contributed by atoms with E-state index in [1.807, 2.05) is 0 Å². The lowest BCUT2D eigenvalue weighted by atomic mass is 9.89. The third kappa shape index (κ3) is 5.44. The van der Waals surface area contributed by atoms with Crippen LogP contribution in [0, 0.1) is 0 Å². The lowest BCUT2D eigenvalue weighted by Gasteiger charge is -2.35. The van der Waals surface area contributed by atoms with Gasteiger partial charge >= 0.3 is 0 Å². The molecule has 1 unspecified atom stereocenters. The van der Waals surface area contributed by atoms with Crippen LogP contribution in [0.2, 0.25) is 0 Å². The highest BCUT2D eigenvalue weighted by molar-refractivity contribution is 7.89. The molecule has 3 atom stereocenters. The number of hydrogen-bond donors (Lipinski definition) is 2. The van der Waals surface area contributed by atoms with E-state index in [0.29, 0.717) is 5.75 Å². The Morgan fingerprint density at radius 3 is 2.28 bits per heavy atom. The molecule has 0 aromatic heterocycles. The van der Waals surface area contributed by atoms with Crippen molar-refractivity contribution in [2.24, 2.45) is 0 Å². The minimum absolute atomic E-state index is 0. The van der Waals surface area contributed by atoms with E-state index in [9.17, 15) is 8.42 Å². The first-order chi connectivity index (χ1) is 15.0. The first-order valence-electron chi connectivity index (χ1n) is 10.9. The molecule has 1 fully saturated rings. The molecule has 1 aliphatic carbocycles. The number of methoxy groups -OCH3 is 1. The van der Waals surface area contributed by atoms with Crippen molar-refractivity contribution < 1.29 is 13.2 Å². The molecule has 1 saturated carbocycles. The second kappa shape index (κ2) is 10.7. The van der Waals surface area contributed by atoms with Crippen LogP contribution in [0.15, 0.2) is 71.6 Å². The molecule has 0 spiro atoms. The van der Waals surface area contributed by atoms with Crippen molar-refractivity contribution in [2.75, 3.05) is 7.11 Å². The molecule has 0 aliphatic heterocycles. The molecule has 0 amide bonds. The first-order valence-corrected chi connectivity index (χ1v) is 12.4. The maximum Gasteiger partial charge on any atom is 0.240 e. The van der Waals surface area contributed by atoms with E-state index in [4.69, 9.17) is 4.74 Å². The van der Waals surface area contributed by atoms with Gasteiger partial charge in [0.15, 0.2) is 0 Å². The van der Waals surface area contributed by atoms with Crippen LogP contribution in [0.3, 0.4) is 0 Å². The van der Waals surface area contributed by atoms with E-state index in [2.05, 4.69) is 59.4 Å². The second-order valence-corrected chi connectivity index (χ2v) is 9.96. The Morgan fingerprint density at radius 1 is 0.906 bits per heavy atom. The zero-order valence-corrected chi connectivity index (χ0v) is 20.1. The van der Waals surface area contributed by atoms with Gasteiger partial charge in [-0.25, -0.2) is 13.1 Å². The Bertz CT molecular complexity index is 1130. The summed E-state index contributed by atoms with van der Waals surface area (Å²) in [6.45, 7) is 2.16. The largest absolute Gasteiger partial charge is 0.497 e. The summed E-state index contributed by atoms with van der Waals surface area (Å²) in [5.74, 6) is 0.639. The Balaban J connectivity index is 0.00000289. The fourth-order valence-corrected chi connectivity index (χ4v) is 5.84. The van der Waals surface area contributed by atoms with Crippen LogP contribution < -0.4 is 14.8 Å². The van der Waals surface area contributed by atoms with Crippen molar-refractivity contribution in [1.29, 1.82) is 0 Å². The maximum atomic E-state index is 13.0. The number of ether oxygens (including phenoxy) is 1. The normalized spacial score (nSPS) is 19.8. The highest BCUT2D eigenvalue weighted by atomic mass is 35.5. The van der Waals surface area contributed by atoms with Gasteiger partial charge in [-0.3, -0.25) is 0 Å². The Morgan fingerprint density at radius 2 is 1.56 bits per heavy atom. The van der Waals surface area contributed by atoms with Crippen molar-refractivity contribution >= 4 is 33.2 Å².